The molecule has 6 rings (SSSR count). The van der Waals surface area contributed by atoms with Crippen molar-refractivity contribution in [1.29, 1.82) is 0 Å². The van der Waals surface area contributed by atoms with Gasteiger partial charge in [0.1, 0.15) is 30.5 Å². The fourth-order valence-corrected chi connectivity index (χ4v) is 5.49. The van der Waals surface area contributed by atoms with Crippen molar-refractivity contribution in [2.75, 3.05) is 10.6 Å². The van der Waals surface area contributed by atoms with Crippen molar-refractivity contribution in [2.45, 2.75) is 45.3 Å². The van der Waals surface area contributed by atoms with Gasteiger partial charge < -0.3 is 35.1 Å². The highest BCUT2D eigenvalue weighted by Crippen LogP contribution is 2.34. The molecule has 2 aliphatic carbocycles. The molecule has 0 atom stereocenters. The quantitative estimate of drug-likeness (QED) is 0.103. The minimum atomic E-state index is -4.84. The summed E-state index contributed by atoms with van der Waals surface area (Å²) >= 11 is 17.8. The molecule has 284 valence electrons. The minimum absolute atomic E-state index is 0.00305. The second-order valence-corrected chi connectivity index (χ2v) is 13.4. The Hall–Kier alpha value is -5.18. The summed E-state index contributed by atoms with van der Waals surface area (Å²) in [6.45, 7) is 0.0504. The summed E-state index contributed by atoms with van der Waals surface area (Å²) in [5.41, 5.74) is 1.52. The number of rotatable bonds is 13. The lowest BCUT2D eigenvalue weighted by Crippen LogP contribution is -2.17. The van der Waals surface area contributed by atoms with Crippen molar-refractivity contribution in [1.82, 2.24) is 0 Å². The first kappa shape index (κ1) is 40.0. The number of hydrogen-bond acceptors (Lipinski definition) is 7. The second-order valence-electron chi connectivity index (χ2n) is 12.2. The van der Waals surface area contributed by atoms with Crippen LogP contribution in [0.5, 0.6) is 17.2 Å². The number of carbonyl (C=O) groups excluding carboxylic acids is 2. The molecule has 54 heavy (non-hydrogen) atoms. The Balaban J connectivity index is 0.000000210. The van der Waals surface area contributed by atoms with Gasteiger partial charge in [-0.15, -0.1) is 13.2 Å². The summed E-state index contributed by atoms with van der Waals surface area (Å²) < 4.78 is 51.5. The molecule has 0 heterocycles. The van der Waals surface area contributed by atoms with E-state index in [0.29, 0.717) is 26.9 Å². The number of amides is 2. The summed E-state index contributed by atoms with van der Waals surface area (Å²) in [4.78, 5) is 46.7. The van der Waals surface area contributed by atoms with Crippen LogP contribution in [0.3, 0.4) is 0 Å². The predicted molar refractivity (Wildman–Crippen MR) is 193 cm³/mol. The molecule has 0 unspecified atom stereocenters. The zero-order valence-electron chi connectivity index (χ0n) is 27.8. The Labute approximate surface area is 320 Å². The van der Waals surface area contributed by atoms with E-state index in [4.69, 9.17) is 44.3 Å². The van der Waals surface area contributed by atoms with Crippen molar-refractivity contribution < 1.29 is 56.8 Å². The first-order chi connectivity index (χ1) is 25.6. The van der Waals surface area contributed by atoms with Crippen LogP contribution in [0.4, 0.5) is 24.5 Å². The third-order valence-electron chi connectivity index (χ3n) is 7.86. The van der Waals surface area contributed by atoms with E-state index in [0.717, 1.165) is 37.8 Å². The zero-order chi connectivity index (χ0) is 39.2. The Kier molecular flexibility index (Phi) is 12.8. The van der Waals surface area contributed by atoms with E-state index in [1.165, 1.54) is 24.3 Å². The van der Waals surface area contributed by atoms with Gasteiger partial charge in [0.15, 0.2) is 0 Å². The molecule has 0 saturated heterocycles. The molecule has 2 amide bonds. The molecule has 4 N–H and O–H groups in total. The maximum atomic E-state index is 12.2. The van der Waals surface area contributed by atoms with Gasteiger partial charge in [-0.1, -0.05) is 46.9 Å². The van der Waals surface area contributed by atoms with Gasteiger partial charge in [0.25, 0.3) is 0 Å². The van der Waals surface area contributed by atoms with E-state index in [1.54, 1.807) is 36.4 Å². The molecule has 4 aromatic rings. The minimum Gasteiger partial charge on any atom is -0.487 e. The van der Waals surface area contributed by atoms with Crippen LogP contribution < -0.4 is 24.8 Å². The monoisotopic (exact) mass is 808 g/mol. The Morgan fingerprint density at radius 2 is 1.09 bits per heavy atom. The average molecular weight is 810 g/mol. The van der Waals surface area contributed by atoms with Crippen LogP contribution in [0.25, 0.3) is 0 Å². The lowest BCUT2D eigenvalue weighted by Gasteiger charge is -2.13. The number of halogens is 6. The van der Waals surface area contributed by atoms with E-state index in [2.05, 4.69) is 15.4 Å². The molecule has 2 aliphatic rings. The summed E-state index contributed by atoms with van der Waals surface area (Å²) in [7, 11) is 0. The van der Waals surface area contributed by atoms with Gasteiger partial charge >= 0.3 is 18.3 Å². The predicted octanol–water partition coefficient (Wildman–Crippen LogP) is 9.48. The number of alkyl halides is 3. The molecule has 2 fully saturated rings. The van der Waals surface area contributed by atoms with Gasteiger partial charge in [-0.25, -0.2) is 9.59 Å². The van der Waals surface area contributed by atoms with Gasteiger partial charge in [0.05, 0.1) is 32.5 Å². The lowest BCUT2D eigenvalue weighted by atomic mass is 10.1. The maximum Gasteiger partial charge on any atom is 0.573 e. The lowest BCUT2D eigenvalue weighted by molar-refractivity contribution is -0.274. The summed E-state index contributed by atoms with van der Waals surface area (Å²) in [5.74, 6) is -2.70. The van der Waals surface area contributed by atoms with Gasteiger partial charge in [0.2, 0.25) is 11.8 Å². The van der Waals surface area contributed by atoms with Crippen LogP contribution in [-0.4, -0.2) is 40.3 Å². The highest BCUT2D eigenvalue weighted by molar-refractivity contribution is 6.35. The molecular weight excluding hydrogens is 780 g/mol. The number of carboxylic acid groups (broad SMARTS) is 2. The number of anilines is 2. The topological polar surface area (TPSA) is 160 Å². The number of benzene rings is 4. The maximum absolute atomic E-state index is 12.2. The summed E-state index contributed by atoms with van der Waals surface area (Å²) in [5, 5.41) is 24.8. The molecule has 0 spiro atoms. The van der Waals surface area contributed by atoms with Gasteiger partial charge in [-0.3, -0.25) is 9.59 Å². The molecule has 0 aromatic heterocycles. The van der Waals surface area contributed by atoms with Crippen LogP contribution in [0, 0.1) is 11.8 Å². The van der Waals surface area contributed by atoms with Gasteiger partial charge in [-0.2, -0.15) is 0 Å². The highest BCUT2D eigenvalue weighted by Gasteiger charge is 2.32. The van der Waals surface area contributed by atoms with E-state index in [9.17, 15) is 42.6 Å². The Bertz CT molecular complexity index is 2070. The number of carbonyl (C=O) groups is 4. The van der Waals surface area contributed by atoms with E-state index >= 15 is 0 Å². The van der Waals surface area contributed by atoms with Crippen molar-refractivity contribution in [3.05, 3.63) is 110 Å². The number of ether oxygens (including phenoxy) is 3. The summed E-state index contributed by atoms with van der Waals surface area (Å²) in [6, 6.07) is 17.2. The molecule has 17 heteroatoms. The normalized spacial score (nSPS) is 13.5. The van der Waals surface area contributed by atoms with Gasteiger partial charge in [-0.05, 0) is 91.4 Å². The number of hydrogen-bond donors (Lipinski definition) is 4. The molecular formula is C37H30Cl3F3N2O9. The first-order valence-corrected chi connectivity index (χ1v) is 17.3. The zero-order valence-corrected chi connectivity index (χ0v) is 30.1. The van der Waals surface area contributed by atoms with Crippen LogP contribution in [0.2, 0.25) is 15.1 Å². The standard InChI is InChI=1S/C19H15ClF3NO5.C18H15Cl2NO4/c20-14-8-12(29-19(21,22)23)4-6-16(14)28-9-10-1-5-15(13(7-10)18(26)27)24-17(25)11-2-3-11;19-12-4-6-16(14(20)8-12)25-9-10-1-5-15(13(7-10)18(23)24)21-17(22)11-2-3-11/h1,4-8,11H,2-3,9H2,(H,24,25)(H,26,27);1,4-8,11H,2-3,9H2,(H,21,22)(H,23,24). The third-order valence-corrected chi connectivity index (χ3v) is 8.69. The summed E-state index contributed by atoms with van der Waals surface area (Å²) in [6.07, 6.45) is -1.57. The van der Waals surface area contributed by atoms with Crippen molar-refractivity contribution >= 4 is 69.9 Å². The Morgan fingerprint density at radius 1 is 0.648 bits per heavy atom. The highest BCUT2D eigenvalue weighted by atomic mass is 35.5. The molecule has 0 aliphatic heterocycles. The average Bonchev–Trinajstić information content (AvgIpc) is 4.02. The number of nitrogens with one attached hydrogen (secondary N) is 2. The van der Waals surface area contributed by atoms with Crippen molar-refractivity contribution in [3.63, 3.8) is 0 Å². The second kappa shape index (κ2) is 17.3. The van der Waals surface area contributed by atoms with E-state index < -0.39 is 24.1 Å². The molecule has 2 saturated carbocycles. The van der Waals surface area contributed by atoms with E-state index in [1.807, 2.05) is 0 Å². The number of carboxylic acids is 2. The fraction of sp³-hybridized carbons (Fsp3) is 0.243. The first-order valence-electron chi connectivity index (χ1n) is 16.2. The van der Waals surface area contributed by atoms with Crippen LogP contribution in [0.15, 0.2) is 72.8 Å². The molecule has 0 bridgehead atoms. The smallest absolute Gasteiger partial charge is 0.487 e. The molecule has 11 nitrogen and oxygen atoms in total. The van der Waals surface area contributed by atoms with Gasteiger partial charge in [0, 0.05) is 22.9 Å². The SMILES string of the molecule is O=C(O)c1cc(COc2ccc(Cl)cc2Cl)ccc1NC(=O)C1CC1.O=C(O)c1cc(COc2ccc(OC(F)(F)F)cc2Cl)ccc1NC(=O)C1CC1. The van der Waals surface area contributed by atoms with Crippen LogP contribution in [0.1, 0.15) is 57.5 Å². The largest absolute Gasteiger partial charge is 0.573 e. The fourth-order valence-electron chi connectivity index (χ4n) is 4.81. The number of aromatic carboxylic acids is 2. The Morgan fingerprint density at radius 3 is 1.48 bits per heavy atom. The van der Waals surface area contributed by atoms with Crippen LogP contribution >= 0.6 is 34.8 Å². The molecule has 4 aromatic carbocycles. The van der Waals surface area contributed by atoms with Crippen LogP contribution in [-0.2, 0) is 22.8 Å². The van der Waals surface area contributed by atoms with E-state index in [-0.39, 0.29) is 70.1 Å². The third kappa shape index (κ3) is 11.7. The van der Waals surface area contributed by atoms with Crippen molar-refractivity contribution in [2.24, 2.45) is 11.8 Å². The van der Waals surface area contributed by atoms with Crippen molar-refractivity contribution in [3.8, 4) is 17.2 Å². The molecule has 0 radical (unpaired) electrons.